The van der Waals surface area contributed by atoms with Gasteiger partial charge in [-0.05, 0) is 74.2 Å². The highest BCUT2D eigenvalue weighted by Crippen LogP contribution is 2.52. The molecule has 2 aromatic carbocycles. The van der Waals surface area contributed by atoms with Gasteiger partial charge in [-0.15, -0.1) is 0 Å². The number of allylic oxidation sites excluding steroid dienone is 2. The number of nitrogens with one attached hydrogen (secondary N) is 1. The summed E-state index contributed by atoms with van der Waals surface area (Å²) < 4.78 is 9.65. The Labute approximate surface area is 232 Å². The number of likely N-dealkylation sites (N-methyl/N-ethyl adjacent to an activating group) is 1. The molecule has 204 valence electrons. The minimum Gasteiger partial charge on any atom is -0.490 e. The second-order valence-electron chi connectivity index (χ2n) is 11.7. The zero-order valence-electron chi connectivity index (χ0n) is 22.8. The van der Waals surface area contributed by atoms with Gasteiger partial charge in [0.15, 0.2) is 5.65 Å². The maximum Gasteiger partial charge on any atom is 0.278 e. The normalized spacial score (nSPS) is 19.4. The zero-order valence-corrected chi connectivity index (χ0v) is 22.8. The van der Waals surface area contributed by atoms with Gasteiger partial charge in [0.05, 0.1) is 24.5 Å². The summed E-state index contributed by atoms with van der Waals surface area (Å²) in [5.74, 6) is 1.36. The molecule has 1 saturated carbocycles. The van der Waals surface area contributed by atoms with E-state index < -0.39 is 0 Å². The molecule has 1 N–H and O–H groups in total. The van der Waals surface area contributed by atoms with Gasteiger partial charge < -0.3 is 19.9 Å². The molecule has 0 amide bonds. The molecule has 3 aliphatic heterocycles. The van der Waals surface area contributed by atoms with Gasteiger partial charge in [0.2, 0.25) is 5.95 Å². The molecular weight excluding hydrogens is 502 g/mol. The third kappa shape index (κ3) is 3.83. The first-order chi connectivity index (χ1) is 19.6. The Kier molecular flexibility index (Phi) is 5.32. The Morgan fingerprint density at radius 1 is 1.07 bits per heavy atom. The average Bonchev–Trinajstić information content (AvgIpc) is 3.66. The largest absolute Gasteiger partial charge is 0.490 e. The van der Waals surface area contributed by atoms with Crippen LogP contribution in [0.2, 0.25) is 0 Å². The van der Waals surface area contributed by atoms with E-state index in [9.17, 15) is 4.79 Å². The fourth-order valence-corrected chi connectivity index (χ4v) is 6.81. The number of rotatable bonds is 2. The molecule has 2 aromatic heterocycles. The molecule has 0 saturated heterocycles. The van der Waals surface area contributed by atoms with Crippen molar-refractivity contribution in [1.29, 1.82) is 0 Å². The lowest BCUT2D eigenvalue weighted by Crippen LogP contribution is -2.35. The van der Waals surface area contributed by atoms with Crippen LogP contribution in [0.3, 0.4) is 0 Å². The van der Waals surface area contributed by atoms with E-state index in [1.54, 1.807) is 10.9 Å². The number of nitrogens with zero attached hydrogens (tertiary/aromatic N) is 6. The summed E-state index contributed by atoms with van der Waals surface area (Å²) in [6.07, 6.45) is 10.5. The van der Waals surface area contributed by atoms with Gasteiger partial charge in [0.1, 0.15) is 17.7 Å². The van der Waals surface area contributed by atoms with Crippen LogP contribution in [0, 0.1) is 0 Å². The second-order valence-corrected chi connectivity index (χ2v) is 11.7. The quantitative estimate of drug-likeness (QED) is 0.382. The van der Waals surface area contributed by atoms with E-state index in [-0.39, 0.29) is 5.56 Å². The van der Waals surface area contributed by atoms with E-state index in [1.165, 1.54) is 24.0 Å². The Balaban J connectivity index is 1.22. The van der Waals surface area contributed by atoms with Crippen molar-refractivity contribution in [3.8, 4) is 11.4 Å². The average molecular weight is 536 g/mol. The van der Waals surface area contributed by atoms with Crippen LogP contribution in [-0.4, -0.2) is 57.5 Å². The van der Waals surface area contributed by atoms with Gasteiger partial charge in [-0.2, -0.15) is 4.98 Å². The van der Waals surface area contributed by atoms with Crippen LogP contribution in [0.4, 0.5) is 17.3 Å². The van der Waals surface area contributed by atoms with Crippen molar-refractivity contribution in [1.82, 2.24) is 24.2 Å². The zero-order chi connectivity index (χ0) is 26.8. The number of hydrogen-bond acceptors (Lipinski definition) is 7. The van der Waals surface area contributed by atoms with E-state index >= 15 is 0 Å². The molecule has 1 fully saturated rings. The maximum absolute atomic E-state index is 13.6. The summed E-state index contributed by atoms with van der Waals surface area (Å²) in [6.45, 7) is 5.06. The molecule has 40 heavy (non-hydrogen) atoms. The predicted molar refractivity (Wildman–Crippen MR) is 156 cm³/mol. The summed E-state index contributed by atoms with van der Waals surface area (Å²) in [6, 6.07) is 12.8. The van der Waals surface area contributed by atoms with E-state index in [2.05, 4.69) is 63.6 Å². The van der Waals surface area contributed by atoms with Crippen LogP contribution in [0.25, 0.3) is 16.7 Å². The molecule has 2 bridgehead atoms. The van der Waals surface area contributed by atoms with E-state index in [1.807, 2.05) is 16.8 Å². The molecule has 0 unspecified atom stereocenters. The van der Waals surface area contributed by atoms with E-state index in [0.29, 0.717) is 35.5 Å². The van der Waals surface area contributed by atoms with Crippen molar-refractivity contribution in [2.45, 2.75) is 44.2 Å². The summed E-state index contributed by atoms with van der Waals surface area (Å²) in [5.41, 5.74) is 6.61. The fraction of sp³-hybridized carbons (Fsp3) is 0.387. The molecule has 8 rings (SSSR count). The second kappa shape index (κ2) is 8.96. The van der Waals surface area contributed by atoms with Crippen LogP contribution in [0.15, 0.2) is 59.5 Å². The third-order valence-corrected chi connectivity index (χ3v) is 8.87. The van der Waals surface area contributed by atoms with Crippen LogP contribution in [0.1, 0.15) is 36.8 Å². The molecule has 5 heterocycles. The summed E-state index contributed by atoms with van der Waals surface area (Å²) in [7, 11) is 2.20. The molecule has 1 aliphatic carbocycles. The molecule has 4 aliphatic rings. The Morgan fingerprint density at radius 2 is 2.00 bits per heavy atom. The topological polar surface area (TPSA) is 80.5 Å². The lowest BCUT2D eigenvalue weighted by molar-refractivity contribution is 0.271. The van der Waals surface area contributed by atoms with Gasteiger partial charge in [-0.1, -0.05) is 18.2 Å². The highest BCUT2D eigenvalue weighted by atomic mass is 16.5. The highest BCUT2D eigenvalue weighted by molar-refractivity contribution is 5.78. The Hall–Kier alpha value is -4.11. The predicted octanol–water partition coefficient (Wildman–Crippen LogP) is 4.35. The standard InChI is InChI=1S/C31H33N7O2/c1-35-19-21-16-22(6-8-25(21)31(20-35)10-11-31)33-30-32-18-24-28(34-30)38-23-7-9-27-26(17-23)36(14-15-40-27)12-4-2-3-5-13-37(38)29(24)39/h3,5-9,16-18H,2,4,10-15,19-20H2,1H3,(H,32,33,34). The smallest absolute Gasteiger partial charge is 0.278 e. The molecule has 9 nitrogen and oxygen atoms in total. The number of fused-ring (bicyclic) bond motifs is 7. The van der Waals surface area contributed by atoms with Crippen LogP contribution < -0.4 is 20.5 Å². The molecule has 0 radical (unpaired) electrons. The number of ether oxygens (including phenoxy) is 1. The van der Waals surface area contributed by atoms with E-state index in [4.69, 9.17) is 9.72 Å². The van der Waals surface area contributed by atoms with Crippen LogP contribution >= 0.6 is 0 Å². The van der Waals surface area contributed by atoms with Gasteiger partial charge in [-0.3, -0.25) is 4.79 Å². The minimum atomic E-state index is -0.0966. The van der Waals surface area contributed by atoms with Crippen molar-refractivity contribution in [2.24, 2.45) is 0 Å². The minimum absolute atomic E-state index is 0.0966. The molecule has 9 heteroatoms. The van der Waals surface area contributed by atoms with Crippen molar-refractivity contribution in [3.05, 3.63) is 76.2 Å². The molecule has 0 atom stereocenters. The number of hydrogen-bond donors (Lipinski definition) is 1. The van der Waals surface area contributed by atoms with Crippen LogP contribution in [-0.2, 0) is 18.5 Å². The van der Waals surface area contributed by atoms with Gasteiger partial charge >= 0.3 is 0 Å². The van der Waals surface area contributed by atoms with E-state index in [0.717, 1.165) is 61.8 Å². The summed E-state index contributed by atoms with van der Waals surface area (Å²) in [5, 5.41) is 3.93. The number of benzene rings is 2. The maximum atomic E-state index is 13.6. The van der Waals surface area contributed by atoms with Gasteiger partial charge in [0.25, 0.3) is 5.56 Å². The van der Waals surface area contributed by atoms with Crippen LogP contribution in [0.5, 0.6) is 5.75 Å². The van der Waals surface area contributed by atoms with Crippen molar-refractivity contribution in [3.63, 3.8) is 0 Å². The lowest BCUT2D eigenvalue weighted by Gasteiger charge is -2.32. The first-order valence-electron chi connectivity index (χ1n) is 14.3. The monoisotopic (exact) mass is 535 g/mol. The number of anilines is 3. The fourth-order valence-electron chi connectivity index (χ4n) is 6.81. The third-order valence-electron chi connectivity index (χ3n) is 8.87. The first-order valence-corrected chi connectivity index (χ1v) is 14.3. The Bertz CT molecular complexity index is 1730. The molecule has 1 spiro atoms. The highest BCUT2D eigenvalue weighted by Gasteiger charge is 2.48. The Morgan fingerprint density at radius 3 is 2.90 bits per heavy atom. The van der Waals surface area contributed by atoms with Crippen molar-refractivity contribution < 1.29 is 4.74 Å². The molecular formula is C31H33N7O2. The summed E-state index contributed by atoms with van der Waals surface area (Å²) >= 11 is 0. The van der Waals surface area contributed by atoms with Crippen molar-refractivity contribution >= 4 is 28.4 Å². The lowest BCUT2D eigenvalue weighted by atomic mass is 9.87. The van der Waals surface area contributed by atoms with Gasteiger partial charge in [-0.25, -0.2) is 14.3 Å². The van der Waals surface area contributed by atoms with Crippen molar-refractivity contribution in [2.75, 3.05) is 43.5 Å². The SMILES string of the molecule is CN1Cc2cc(Nc3ncc4c(=O)n5n(c4n3)-c3ccc4c(c3)N(CCCC=CC5)CCO4)ccc2C2(CC2)C1. The first kappa shape index (κ1) is 23.7. The molecule has 4 aromatic rings. The van der Waals surface area contributed by atoms with Gasteiger partial charge in [0, 0.05) is 36.9 Å². The number of aromatic nitrogens is 4. The summed E-state index contributed by atoms with van der Waals surface area (Å²) in [4.78, 5) is 27.9.